The van der Waals surface area contributed by atoms with E-state index in [0.717, 1.165) is 17.7 Å². The number of carbonyl (C=O) groups is 1. The van der Waals surface area contributed by atoms with E-state index in [4.69, 9.17) is 4.42 Å². The van der Waals surface area contributed by atoms with Crippen LogP contribution in [0.3, 0.4) is 0 Å². The molecule has 10 heteroatoms. The van der Waals surface area contributed by atoms with E-state index in [1.165, 1.54) is 23.9 Å². The molecule has 0 saturated heterocycles. The quantitative estimate of drug-likeness (QED) is 0.336. The van der Waals surface area contributed by atoms with Crippen molar-refractivity contribution >= 4 is 29.2 Å². The first-order valence-electron chi connectivity index (χ1n) is 10.2. The zero-order chi connectivity index (χ0) is 22.5. The maximum absolute atomic E-state index is 13.1. The summed E-state index contributed by atoms with van der Waals surface area (Å²) in [6.45, 7) is 4.17. The number of allylic oxidation sites excluding steroid dienone is 2. The second-order valence-electron chi connectivity index (χ2n) is 8.75. The van der Waals surface area contributed by atoms with Gasteiger partial charge in [-0.15, -0.1) is 5.10 Å². The zero-order valence-corrected chi connectivity index (χ0v) is 18.4. The summed E-state index contributed by atoms with van der Waals surface area (Å²) in [5.74, 6) is 1.87. The molecule has 1 atom stereocenters. The standard InChI is InChI=1S/C22H21N5O4S/c1-22(2)10-15-18(16(28)11-22)19(17-4-3-9-31-17)26-20(23-15)24-21(25-26)32-12-13-5-7-14(8-6-13)27(29)30/h3-9,19H,10-12H2,1-2H3,(H,23,24,25). The van der Waals surface area contributed by atoms with Crippen molar-refractivity contribution in [3.05, 3.63) is 75.4 Å². The highest BCUT2D eigenvalue weighted by molar-refractivity contribution is 7.98. The predicted octanol–water partition coefficient (Wildman–Crippen LogP) is 4.73. The van der Waals surface area contributed by atoms with Crippen molar-refractivity contribution in [2.75, 3.05) is 5.32 Å². The van der Waals surface area contributed by atoms with E-state index >= 15 is 0 Å². The van der Waals surface area contributed by atoms with E-state index in [-0.39, 0.29) is 16.9 Å². The van der Waals surface area contributed by atoms with Gasteiger partial charge in [0, 0.05) is 35.6 Å². The van der Waals surface area contributed by atoms with Crippen LogP contribution < -0.4 is 5.32 Å². The van der Waals surface area contributed by atoms with Gasteiger partial charge in [-0.1, -0.05) is 37.7 Å². The average Bonchev–Trinajstić information content (AvgIpc) is 3.40. The van der Waals surface area contributed by atoms with Gasteiger partial charge in [0.1, 0.15) is 11.8 Å². The summed E-state index contributed by atoms with van der Waals surface area (Å²) in [6.07, 6.45) is 2.80. The van der Waals surface area contributed by atoms with E-state index in [2.05, 4.69) is 29.2 Å². The van der Waals surface area contributed by atoms with Gasteiger partial charge < -0.3 is 9.73 Å². The van der Waals surface area contributed by atoms with Gasteiger partial charge in [0.15, 0.2) is 5.78 Å². The number of nitro benzene ring substituents is 1. The van der Waals surface area contributed by atoms with Crippen LogP contribution in [0.1, 0.15) is 44.1 Å². The van der Waals surface area contributed by atoms with Gasteiger partial charge in [-0.2, -0.15) is 4.98 Å². The molecule has 1 aliphatic carbocycles. The molecule has 3 aromatic rings. The van der Waals surface area contributed by atoms with Crippen LogP contribution in [0.5, 0.6) is 0 Å². The Morgan fingerprint density at radius 3 is 2.75 bits per heavy atom. The maximum Gasteiger partial charge on any atom is 0.269 e. The zero-order valence-electron chi connectivity index (χ0n) is 17.6. The van der Waals surface area contributed by atoms with Gasteiger partial charge in [0.25, 0.3) is 5.69 Å². The number of hydrogen-bond acceptors (Lipinski definition) is 8. The summed E-state index contributed by atoms with van der Waals surface area (Å²) in [5.41, 5.74) is 2.41. The molecule has 1 aromatic carbocycles. The summed E-state index contributed by atoms with van der Waals surface area (Å²) in [5, 5.41) is 19.4. The first-order valence-corrected chi connectivity index (χ1v) is 11.2. The number of nitrogens with one attached hydrogen (secondary N) is 1. The van der Waals surface area contributed by atoms with E-state index < -0.39 is 11.0 Å². The third-order valence-electron chi connectivity index (χ3n) is 5.64. The number of aromatic nitrogens is 3. The second-order valence-corrected chi connectivity index (χ2v) is 9.69. The minimum atomic E-state index is -0.457. The number of non-ortho nitro benzene ring substituents is 1. The van der Waals surface area contributed by atoms with Gasteiger partial charge in [-0.25, -0.2) is 4.68 Å². The molecule has 32 heavy (non-hydrogen) atoms. The number of fused-ring (bicyclic) bond motifs is 1. The molecular weight excluding hydrogens is 430 g/mol. The number of ketones is 1. The molecule has 1 aliphatic heterocycles. The Bertz CT molecular complexity index is 1230. The number of furan rings is 1. The lowest BCUT2D eigenvalue weighted by molar-refractivity contribution is -0.384. The molecule has 5 rings (SSSR count). The van der Waals surface area contributed by atoms with Crippen molar-refractivity contribution in [3.63, 3.8) is 0 Å². The van der Waals surface area contributed by atoms with Crippen molar-refractivity contribution in [3.8, 4) is 0 Å². The molecule has 0 radical (unpaired) electrons. The van der Waals surface area contributed by atoms with Crippen molar-refractivity contribution in [1.82, 2.24) is 14.8 Å². The molecular formula is C22H21N5O4S. The van der Waals surface area contributed by atoms with Crippen LogP contribution in [0.15, 0.2) is 63.5 Å². The molecule has 164 valence electrons. The number of hydrogen-bond donors (Lipinski definition) is 1. The topological polar surface area (TPSA) is 116 Å². The Balaban J connectivity index is 1.44. The van der Waals surface area contributed by atoms with Gasteiger partial charge in [-0.05, 0) is 29.5 Å². The van der Waals surface area contributed by atoms with Crippen LogP contribution in [0.2, 0.25) is 0 Å². The van der Waals surface area contributed by atoms with Crippen LogP contribution in [0.4, 0.5) is 11.6 Å². The summed E-state index contributed by atoms with van der Waals surface area (Å²) >= 11 is 1.43. The van der Waals surface area contributed by atoms with Gasteiger partial charge >= 0.3 is 0 Å². The smallest absolute Gasteiger partial charge is 0.269 e. The number of anilines is 1. The molecule has 0 bridgehead atoms. The normalized spacial score (nSPS) is 19.3. The first kappa shape index (κ1) is 20.5. The number of thioether (sulfide) groups is 1. The number of nitrogens with zero attached hydrogens (tertiary/aromatic N) is 4. The molecule has 9 nitrogen and oxygen atoms in total. The molecule has 1 N–H and O–H groups in total. The Morgan fingerprint density at radius 2 is 2.06 bits per heavy atom. The van der Waals surface area contributed by atoms with Crippen LogP contribution in [-0.2, 0) is 10.5 Å². The molecule has 0 fully saturated rings. The van der Waals surface area contributed by atoms with Crippen LogP contribution in [0.25, 0.3) is 0 Å². The van der Waals surface area contributed by atoms with Gasteiger partial charge in [0.2, 0.25) is 11.1 Å². The van der Waals surface area contributed by atoms with Gasteiger partial charge in [-0.3, -0.25) is 14.9 Å². The average molecular weight is 452 g/mol. The predicted molar refractivity (Wildman–Crippen MR) is 118 cm³/mol. The molecule has 2 aliphatic rings. The number of benzene rings is 1. The largest absolute Gasteiger partial charge is 0.467 e. The highest BCUT2D eigenvalue weighted by Gasteiger charge is 2.42. The fraction of sp³-hybridized carbons (Fsp3) is 0.318. The molecule has 0 spiro atoms. The lowest BCUT2D eigenvalue weighted by atomic mass is 9.73. The Kier molecular flexibility index (Phi) is 4.89. The first-order chi connectivity index (χ1) is 15.3. The molecule has 3 heterocycles. The fourth-order valence-electron chi connectivity index (χ4n) is 4.22. The molecule has 1 unspecified atom stereocenters. The number of rotatable bonds is 5. The second kappa shape index (κ2) is 7.63. The Labute approximate surface area is 188 Å². The lowest BCUT2D eigenvalue weighted by Gasteiger charge is -2.37. The highest BCUT2D eigenvalue weighted by Crippen LogP contribution is 2.45. The van der Waals surface area contributed by atoms with Crippen LogP contribution in [0, 0.1) is 15.5 Å². The Hall–Kier alpha value is -3.40. The molecule has 0 saturated carbocycles. The molecule has 0 amide bonds. The Morgan fingerprint density at radius 1 is 1.28 bits per heavy atom. The fourth-order valence-corrected chi connectivity index (χ4v) is 5.01. The lowest BCUT2D eigenvalue weighted by Crippen LogP contribution is -2.36. The highest BCUT2D eigenvalue weighted by atomic mass is 32.2. The third-order valence-corrected chi connectivity index (χ3v) is 6.55. The number of Topliss-reactive ketones (excluding diaryl/α,β-unsaturated/α-hetero) is 1. The maximum atomic E-state index is 13.1. The molecule has 2 aromatic heterocycles. The SMILES string of the molecule is CC1(C)CC(=O)C2=C(C1)Nc1nc(SCc3ccc([N+](=O)[O-])cc3)nn1C2c1ccco1. The van der Waals surface area contributed by atoms with E-state index in [1.54, 1.807) is 29.1 Å². The van der Waals surface area contributed by atoms with Gasteiger partial charge in [0.05, 0.1) is 11.2 Å². The van der Waals surface area contributed by atoms with Crippen molar-refractivity contribution < 1.29 is 14.1 Å². The minimum absolute atomic E-state index is 0.0593. The number of carbonyl (C=O) groups excluding carboxylic acids is 1. The summed E-state index contributed by atoms with van der Waals surface area (Å²) in [7, 11) is 0. The van der Waals surface area contributed by atoms with Crippen molar-refractivity contribution in [2.45, 2.75) is 43.6 Å². The van der Waals surface area contributed by atoms with Crippen molar-refractivity contribution in [2.24, 2.45) is 5.41 Å². The summed E-state index contributed by atoms with van der Waals surface area (Å²) in [6, 6.07) is 9.63. The van der Waals surface area contributed by atoms with E-state index in [0.29, 0.717) is 34.6 Å². The number of nitro groups is 1. The van der Waals surface area contributed by atoms with Crippen LogP contribution in [-0.4, -0.2) is 25.5 Å². The van der Waals surface area contributed by atoms with E-state index in [1.807, 2.05) is 6.07 Å². The van der Waals surface area contributed by atoms with Crippen LogP contribution >= 0.6 is 11.8 Å². The van der Waals surface area contributed by atoms with Crippen molar-refractivity contribution in [1.29, 1.82) is 0 Å². The van der Waals surface area contributed by atoms with E-state index in [9.17, 15) is 14.9 Å². The summed E-state index contributed by atoms with van der Waals surface area (Å²) < 4.78 is 7.40. The summed E-state index contributed by atoms with van der Waals surface area (Å²) in [4.78, 5) is 28.2. The minimum Gasteiger partial charge on any atom is -0.467 e. The monoisotopic (exact) mass is 451 g/mol. The third kappa shape index (κ3) is 3.70.